The fraction of sp³-hybridized carbons (Fsp3) is 0.100. The Kier molecular flexibility index (Phi) is 5.43. The lowest BCUT2D eigenvalue weighted by atomic mass is 10.2. The first-order chi connectivity index (χ1) is 12.6. The molecule has 1 amide bonds. The van der Waals surface area contributed by atoms with E-state index >= 15 is 0 Å². The van der Waals surface area contributed by atoms with Gasteiger partial charge in [-0.1, -0.05) is 6.07 Å². The molecule has 0 radical (unpaired) electrons. The van der Waals surface area contributed by atoms with Crippen LogP contribution in [-0.4, -0.2) is 17.5 Å². The summed E-state index contributed by atoms with van der Waals surface area (Å²) in [7, 11) is 0. The van der Waals surface area contributed by atoms with Gasteiger partial charge >= 0.3 is 0 Å². The predicted molar refractivity (Wildman–Crippen MR) is 99.5 cm³/mol. The molecule has 0 aliphatic carbocycles. The monoisotopic (exact) mass is 351 g/mol. The van der Waals surface area contributed by atoms with Crippen LogP contribution in [0.3, 0.4) is 0 Å². The van der Waals surface area contributed by atoms with Crippen molar-refractivity contribution in [1.29, 1.82) is 0 Å². The molecule has 6 heteroatoms. The number of nitrogens with zero attached hydrogens (tertiary/aromatic N) is 1. The van der Waals surface area contributed by atoms with Crippen LogP contribution in [0.1, 0.15) is 17.3 Å². The topological polar surface area (TPSA) is 63.2 Å². The van der Waals surface area contributed by atoms with Crippen LogP contribution >= 0.6 is 0 Å². The van der Waals surface area contributed by atoms with Gasteiger partial charge in [0, 0.05) is 17.6 Å². The third-order valence-corrected chi connectivity index (χ3v) is 3.54. The minimum absolute atomic E-state index is 0.363. The van der Waals surface area contributed by atoms with Gasteiger partial charge in [-0.3, -0.25) is 9.78 Å². The van der Waals surface area contributed by atoms with Crippen molar-refractivity contribution in [2.45, 2.75) is 6.92 Å². The van der Waals surface area contributed by atoms with Gasteiger partial charge in [0.25, 0.3) is 5.91 Å². The fourth-order valence-electron chi connectivity index (χ4n) is 2.37. The van der Waals surface area contributed by atoms with E-state index < -0.39 is 5.82 Å². The number of hydrogen-bond acceptors (Lipinski definition) is 4. The maximum atomic E-state index is 13.2. The highest BCUT2D eigenvalue weighted by atomic mass is 19.1. The lowest BCUT2D eigenvalue weighted by molar-refractivity contribution is 0.102. The van der Waals surface area contributed by atoms with Crippen LogP contribution in [0.25, 0.3) is 0 Å². The molecule has 132 valence electrons. The maximum Gasteiger partial charge on any atom is 0.257 e. The zero-order valence-corrected chi connectivity index (χ0v) is 14.2. The summed E-state index contributed by atoms with van der Waals surface area (Å²) in [6, 6.07) is 14.9. The van der Waals surface area contributed by atoms with Crippen molar-refractivity contribution in [2.75, 3.05) is 17.2 Å². The van der Waals surface area contributed by atoms with E-state index in [9.17, 15) is 9.18 Å². The summed E-state index contributed by atoms with van der Waals surface area (Å²) in [5.41, 5.74) is 2.27. The molecule has 5 nitrogen and oxygen atoms in total. The summed E-state index contributed by atoms with van der Waals surface area (Å²) in [5.74, 6) is 0.0182. The minimum Gasteiger partial charge on any atom is -0.494 e. The second-order valence-electron chi connectivity index (χ2n) is 5.51. The molecule has 1 heterocycles. The highest BCUT2D eigenvalue weighted by Crippen LogP contribution is 2.20. The summed E-state index contributed by atoms with van der Waals surface area (Å²) in [4.78, 5) is 16.4. The van der Waals surface area contributed by atoms with Crippen molar-refractivity contribution in [2.24, 2.45) is 0 Å². The second-order valence-corrected chi connectivity index (χ2v) is 5.51. The molecule has 0 aliphatic rings. The number of carbonyl (C=O) groups is 1. The number of halogens is 1. The number of anilines is 3. The molecule has 2 aromatic carbocycles. The Bertz CT molecular complexity index is 898. The summed E-state index contributed by atoms with van der Waals surface area (Å²) in [5, 5.41) is 5.83. The first-order valence-electron chi connectivity index (χ1n) is 8.16. The molecular formula is C20H18FN3O2. The molecule has 0 aliphatic heterocycles. The molecule has 3 aromatic rings. The number of amides is 1. The Morgan fingerprint density at radius 2 is 1.85 bits per heavy atom. The Morgan fingerprint density at radius 1 is 1.04 bits per heavy atom. The zero-order chi connectivity index (χ0) is 18.4. The van der Waals surface area contributed by atoms with E-state index in [1.54, 1.807) is 18.3 Å². The molecule has 0 saturated carbocycles. The van der Waals surface area contributed by atoms with E-state index in [0.29, 0.717) is 23.5 Å². The highest BCUT2D eigenvalue weighted by molar-refractivity contribution is 6.04. The lowest BCUT2D eigenvalue weighted by Crippen LogP contribution is -2.12. The van der Waals surface area contributed by atoms with Gasteiger partial charge in [0.15, 0.2) is 0 Å². The van der Waals surface area contributed by atoms with Gasteiger partial charge in [-0.2, -0.15) is 0 Å². The Morgan fingerprint density at radius 3 is 2.58 bits per heavy atom. The molecule has 3 rings (SSSR count). The molecule has 0 bridgehead atoms. The number of rotatable bonds is 6. The summed E-state index contributed by atoms with van der Waals surface area (Å²) < 4.78 is 18.6. The van der Waals surface area contributed by atoms with Crippen LogP contribution in [0.5, 0.6) is 5.75 Å². The summed E-state index contributed by atoms with van der Waals surface area (Å²) in [6.07, 6.45) is 3.08. The zero-order valence-electron chi connectivity index (χ0n) is 14.2. The minimum atomic E-state index is -0.410. The second kappa shape index (κ2) is 8.11. The number of aromatic nitrogens is 1. The van der Waals surface area contributed by atoms with Gasteiger partial charge in [0.05, 0.1) is 24.1 Å². The van der Waals surface area contributed by atoms with Crippen LogP contribution < -0.4 is 15.4 Å². The number of benzene rings is 2. The molecule has 0 unspecified atom stereocenters. The average Bonchev–Trinajstić information content (AvgIpc) is 2.64. The molecule has 0 fully saturated rings. The van der Waals surface area contributed by atoms with E-state index in [-0.39, 0.29) is 5.91 Å². The molecule has 26 heavy (non-hydrogen) atoms. The van der Waals surface area contributed by atoms with Crippen molar-refractivity contribution in [3.63, 3.8) is 0 Å². The van der Waals surface area contributed by atoms with Crippen LogP contribution in [0.15, 0.2) is 67.0 Å². The van der Waals surface area contributed by atoms with Crippen LogP contribution in [0.2, 0.25) is 0 Å². The number of ether oxygens (including phenoxy) is 1. The van der Waals surface area contributed by atoms with Crippen molar-refractivity contribution in [3.8, 4) is 5.75 Å². The van der Waals surface area contributed by atoms with E-state index in [0.717, 1.165) is 11.4 Å². The van der Waals surface area contributed by atoms with Gasteiger partial charge in [-0.05, 0) is 55.5 Å². The van der Waals surface area contributed by atoms with Crippen LogP contribution in [0, 0.1) is 5.82 Å². The fourth-order valence-corrected chi connectivity index (χ4v) is 2.37. The van der Waals surface area contributed by atoms with Gasteiger partial charge < -0.3 is 15.4 Å². The predicted octanol–water partition coefficient (Wildman–Crippen LogP) is 4.62. The molecule has 0 atom stereocenters. The third-order valence-electron chi connectivity index (χ3n) is 3.54. The number of hydrogen-bond donors (Lipinski definition) is 2. The Balaban J connectivity index is 1.70. The first-order valence-corrected chi connectivity index (χ1v) is 8.16. The first kappa shape index (κ1) is 17.4. The number of pyridine rings is 1. The van der Waals surface area contributed by atoms with Gasteiger partial charge in [0.2, 0.25) is 0 Å². The lowest BCUT2D eigenvalue weighted by Gasteiger charge is -2.10. The SMILES string of the molecule is CCOc1ccc(Nc2cncc(C(=O)Nc3cccc(F)c3)c2)cc1. The Labute approximate surface area is 150 Å². The largest absolute Gasteiger partial charge is 0.494 e. The van der Waals surface area contributed by atoms with Crippen molar-refractivity contribution < 1.29 is 13.9 Å². The summed E-state index contributed by atoms with van der Waals surface area (Å²) in [6.45, 7) is 2.54. The quantitative estimate of drug-likeness (QED) is 0.680. The van der Waals surface area contributed by atoms with E-state index in [1.165, 1.54) is 24.4 Å². The smallest absolute Gasteiger partial charge is 0.257 e. The number of nitrogens with one attached hydrogen (secondary N) is 2. The van der Waals surface area contributed by atoms with Crippen molar-refractivity contribution in [3.05, 3.63) is 78.4 Å². The van der Waals surface area contributed by atoms with E-state index in [2.05, 4.69) is 15.6 Å². The van der Waals surface area contributed by atoms with Crippen molar-refractivity contribution in [1.82, 2.24) is 4.98 Å². The van der Waals surface area contributed by atoms with Crippen molar-refractivity contribution >= 4 is 23.0 Å². The molecule has 2 N–H and O–H groups in total. The van der Waals surface area contributed by atoms with E-state index in [1.807, 2.05) is 31.2 Å². The van der Waals surface area contributed by atoms with Gasteiger partial charge in [0.1, 0.15) is 11.6 Å². The molecular weight excluding hydrogens is 333 g/mol. The molecule has 0 spiro atoms. The standard InChI is InChI=1S/C20H18FN3O2/c1-2-26-19-8-6-16(7-9-19)23-18-10-14(12-22-13-18)20(25)24-17-5-3-4-15(21)11-17/h3-13,23H,2H2,1H3,(H,24,25). The Hall–Kier alpha value is -3.41. The third kappa shape index (κ3) is 4.57. The summed E-state index contributed by atoms with van der Waals surface area (Å²) >= 11 is 0. The molecule has 1 aromatic heterocycles. The van der Waals surface area contributed by atoms with Crippen LogP contribution in [-0.2, 0) is 0 Å². The number of carbonyl (C=O) groups excluding carboxylic acids is 1. The van der Waals surface area contributed by atoms with Gasteiger partial charge in [-0.15, -0.1) is 0 Å². The average molecular weight is 351 g/mol. The van der Waals surface area contributed by atoms with E-state index in [4.69, 9.17) is 4.74 Å². The van der Waals surface area contributed by atoms with Gasteiger partial charge in [-0.25, -0.2) is 4.39 Å². The molecule has 0 saturated heterocycles. The van der Waals surface area contributed by atoms with Crippen LogP contribution in [0.4, 0.5) is 21.5 Å². The maximum absolute atomic E-state index is 13.2. The highest BCUT2D eigenvalue weighted by Gasteiger charge is 2.08. The normalized spacial score (nSPS) is 10.2.